The standard InChI is InChI=1S/C34H45N3O6S/c1-8-10-17-35-34(39)30(9-2)36(22-27-14-12-11-13-26(27)5)33(38)23-37(28-19-24(3)18-25(4)20-28)44(40,41)29-15-16-31(42-6)32(21-29)43-7/h11-16,18-21,30H,8-10,17,22-23H2,1-7H3,(H,35,39). The van der Waals surface area contributed by atoms with Crippen LogP contribution in [0.25, 0.3) is 0 Å². The predicted octanol–water partition coefficient (Wildman–Crippen LogP) is 5.55. The molecule has 1 atom stereocenters. The summed E-state index contributed by atoms with van der Waals surface area (Å²) in [5.74, 6) is -0.126. The van der Waals surface area contributed by atoms with E-state index in [-0.39, 0.29) is 23.1 Å². The van der Waals surface area contributed by atoms with Crippen molar-refractivity contribution in [3.05, 3.63) is 82.9 Å². The molecular weight excluding hydrogens is 578 g/mol. The molecule has 0 aliphatic rings. The van der Waals surface area contributed by atoms with Crippen molar-refractivity contribution in [1.82, 2.24) is 10.2 Å². The molecule has 0 aromatic heterocycles. The average Bonchev–Trinajstić information content (AvgIpc) is 2.99. The Morgan fingerprint density at radius 2 is 1.55 bits per heavy atom. The number of amides is 2. The van der Waals surface area contributed by atoms with E-state index < -0.39 is 28.5 Å². The van der Waals surface area contributed by atoms with Crippen LogP contribution in [0.5, 0.6) is 11.5 Å². The molecule has 0 bridgehead atoms. The van der Waals surface area contributed by atoms with Gasteiger partial charge in [-0.1, -0.05) is 50.6 Å². The number of benzene rings is 3. The number of nitrogens with one attached hydrogen (secondary N) is 1. The van der Waals surface area contributed by atoms with E-state index in [1.165, 1.54) is 37.3 Å². The average molecular weight is 624 g/mol. The van der Waals surface area contributed by atoms with Gasteiger partial charge in [0.1, 0.15) is 12.6 Å². The molecule has 0 aliphatic carbocycles. The Morgan fingerprint density at radius 3 is 2.14 bits per heavy atom. The molecule has 1 N–H and O–H groups in total. The van der Waals surface area contributed by atoms with Crippen LogP contribution in [-0.4, -0.2) is 58.5 Å². The van der Waals surface area contributed by atoms with Crippen molar-refractivity contribution < 1.29 is 27.5 Å². The van der Waals surface area contributed by atoms with E-state index in [0.717, 1.165) is 39.4 Å². The first kappa shape index (κ1) is 34.4. The van der Waals surface area contributed by atoms with Gasteiger partial charge < -0.3 is 19.7 Å². The Morgan fingerprint density at radius 1 is 0.886 bits per heavy atom. The van der Waals surface area contributed by atoms with Gasteiger partial charge in [0.2, 0.25) is 11.8 Å². The summed E-state index contributed by atoms with van der Waals surface area (Å²) in [4.78, 5) is 29.2. The lowest BCUT2D eigenvalue weighted by molar-refractivity contribution is -0.140. The van der Waals surface area contributed by atoms with Crippen LogP contribution in [0.15, 0.2) is 65.6 Å². The topological polar surface area (TPSA) is 105 Å². The van der Waals surface area contributed by atoms with Crippen LogP contribution in [-0.2, 0) is 26.2 Å². The molecule has 44 heavy (non-hydrogen) atoms. The fraction of sp³-hybridized carbons (Fsp3) is 0.412. The van der Waals surface area contributed by atoms with Crippen molar-refractivity contribution >= 4 is 27.5 Å². The number of unbranched alkanes of at least 4 members (excludes halogenated alkanes) is 1. The molecule has 0 fully saturated rings. The molecule has 238 valence electrons. The minimum Gasteiger partial charge on any atom is -0.493 e. The second-order valence-electron chi connectivity index (χ2n) is 10.9. The highest BCUT2D eigenvalue weighted by Crippen LogP contribution is 2.33. The number of aryl methyl sites for hydroxylation is 3. The number of nitrogens with zero attached hydrogens (tertiary/aromatic N) is 2. The van der Waals surface area contributed by atoms with Crippen molar-refractivity contribution in [1.29, 1.82) is 0 Å². The second-order valence-corrected chi connectivity index (χ2v) is 12.8. The number of methoxy groups -OCH3 is 2. The van der Waals surface area contributed by atoms with Crippen LogP contribution in [0.2, 0.25) is 0 Å². The molecule has 0 saturated heterocycles. The Balaban J connectivity index is 2.12. The zero-order chi connectivity index (χ0) is 32.4. The number of carbonyl (C=O) groups is 2. The van der Waals surface area contributed by atoms with Gasteiger partial charge in [-0.2, -0.15) is 0 Å². The molecule has 0 aliphatic heterocycles. The monoisotopic (exact) mass is 623 g/mol. The van der Waals surface area contributed by atoms with Crippen molar-refractivity contribution in [2.75, 3.05) is 31.6 Å². The van der Waals surface area contributed by atoms with E-state index in [2.05, 4.69) is 5.32 Å². The summed E-state index contributed by atoms with van der Waals surface area (Å²) in [5.41, 5.74) is 3.89. The second kappa shape index (κ2) is 15.6. The van der Waals surface area contributed by atoms with E-state index in [4.69, 9.17) is 9.47 Å². The van der Waals surface area contributed by atoms with E-state index in [1.807, 2.05) is 65.0 Å². The number of hydrogen-bond acceptors (Lipinski definition) is 6. The minimum atomic E-state index is -4.28. The zero-order valence-corrected chi connectivity index (χ0v) is 27.7. The molecule has 0 spiro atoms. The van der Waals surface area contributed by atoms with E-state index >= 15 is 0 Å². The van der Waals surface area contributed by atoms with Crippen LogP contribution in [0.3, 0.4) is 0 Å². The number of sulfonamides is 1. The highest BCUT2D eigenvalue weighted by atomic mass is 32.2. The molecule has 2 amide bonds. The van der Waals surface area contributed by atoms with E-state index in [1.54, 1.807) is 12.1 Å². The zero-order valence-electron chi connectivity index (χ0n) is 26.8. The molecular formula is C34H45N3O6S. The first-order valence-electron chi connectivity index (χ1n) is 14.9. The van der Waals surface area contributed by atoms with Crippen molar-refractivity contribution in [3.63, 3.8) is 0 Å². The van der Waals surface area contributed by atoms with Crippen molar-refractivity contribution in [2.24, 2.45) is 0 Å². The van der Waals surface area contributed by atoms with Gasteiger partial charge in [-0.25, -0.2) is 8.42 Å². The number of rotatable bonds is 15. The lowest BCUT2D eigenvalue weighted by atomic mass is 10.1. The maximum absolute atomic E-state index is 14.3. The van der Waals surface area contributed by atoms with E-state index in [9.17, 15) is 18.0 Å². The fourth-order valence-electron chi connectivity index (χ4n) is 5.12. The largest absolute Gasteiger partial charge is 0.493 e. The van der Waals surface area contributed by atoms with Crippen LogP contribution in [0, 0.1) is 20.8 Å². The van der Waals surface area contributed by atoms with Gasteiger partial charge in [0.25, 0.3) is 10.0 Å². The summed E-state index contributed by atoms with van der Waals surface area (Å²) in [6, 6.07) is 16.6. The van der Waals surface area contributed by atoms with Gasteiger partial charge in [-0.15, -0.1) is 0 Å². The molecule has 10 heteroatoms. The smallest absolute Gasteiger partial charge is 0.264 e. The summed E-state index contributed by atoms with van der Waals surface area (Å²) in [5, 5.41) is 2.96. The molecule has 9 nitrogen and oxygen atoms in total. The van der Waals surface area contributed by atoms with Crippen LogP contribution in [0.1, 0.15) is 55.4 Å². The van der Waals surface area contributed by atoms with E-state index in [0.29, 0.717) is 24.4 Å². The van der Waals surface area contributed by atoms with Crippen molar-refractivity contribution in [2.45, 2.75) is 71.4 Å². The Labute approximate surface area is 262 Å². The van der Waals surface area contributed by atoms with Crippen LogP contribution in [0.4, 0.5) is 5.69 Å². The summed E-state index contributed by atoms with van der Waals surface area (Å²) in [6.45, 7) is 9.73. The number of anilines is 1. The SMILES string of the molecule is CCCCNC(=O)C(CC)N(Cc1ccccc1C)C(=O)CN(c1cc(C)cc(C)c1)S(=O)(=O)c1ccc(OC)c(OC)c1. The van der Waals surface area contributed by atoms with Crippen LogP contribution >= 0.6 is 0 Å². The molecule has 1 unspecified atom stereocenters. The van der Waals surface area contributed by atoms with Crippen LogP contribution < -0.4 is 19.1 Å². The Bertz CT molecular complexity index is 1540. The highest BCUT2D eigenvalue weighted by Gasteiger charge is 2.34. The number of carbonyl (C=O) groups excluding carboxylic acids is 2. The Hall–Kier alpha value is -4.05. The molecule has 3 aromatic carbocycles. The summed E-state index contributed by atoms with van der Waals surface area (Å²) >= 11 is 0. The quantitative estimate of drug-likeness (QED) is 0.223. The third kappa shape index (κ3) is 8.31. The number of ether oxygens (including phenoxy) is 2. The maximum Gasteiger partial charge on any atom is 0.264 e. The molecule has 0 radical (unpaired) electrons. The third-order valence-electron chi connectivity index (χ3n) is 7.53. The molecule has 0 heterocycles. The Kier molecular flexibility index (Phi) is 12.2. The molecule has 3 rings (SSSR count). The van der Waals surface area contributed by atoms with Gasteiger partial charge in [0.05, 0.1) is 24.8 Å². The highest BCUT2D eigenvalue weighted by molar-refractivity contribution is 7.92. The van der Waals surface area contributed by atoms with Gasteiger partial charge in [0.15, 0.2) is 11.5 Å². The first-order valence-corrected chi connectivity index (χ1v) is 16.4. The molecule has 3 aromatic rings. The lowest BCUT2D eigenvalue weighted by Gasteiger charge is -2.33. The minimum absolute atomic E-state index is 0.0584. The van der Waals surface area contributed by atoms with Gasteiger partial charge in [-0.05, 0) is 80.1 Å². The fourth-order valence-corrected chi connectivity index (χ4v) is 6.54. The maximum atomic E-state index is 14.3. The first-order chi connectivity index (χ1) is 21.0. The lowest BCUT2D eigenvalue weighted by Crippen LogP contribution is -2.52. The summed E-state index contributed by atoms with van der Waals surface area (Å²) in [7, 11) is -1.38. The normalized spacial score (nSPS) is 11.9. The summed E-state index contributed by atoms with van der Waals surface area (Å²) in [6.07, 6.45) is 2.10. The van der Waals surface area contributed by atoms with Gasteiger partial charge >= 0.3 is 0 Å². The van der Waals surface area contributed by atoms with Gasteiger partial charge in [0, 0.05) is 19.2 Å². The molecule has 0 saturated carbocycles. The predicted molar refractivity (Wildman–Crippen MR) is 174 cm³/mol. The van der Waals surface area contributed by atoms with Gasteiger partial charge in [-0.3, -0.25) is 13.9 Å². The summed E-state index contributed by atoms with van der Waals surface area (Å²) < 4.78 is 40.4. The van der Waals surface area contributed by atoms with Crippen molar-refractivity contribution in [3.8, 4) is 11.5 Å². The third-order valence-corrected chi connectivity index (χ3v) is 9.30. The number of hydrogen-bond donors (Lipinski definition) is 1.